The fourth-order valence-corrected chi connectivity index (χ4v) is 4.14. The van der Waals surface area contributed by atoms with Crippen LogP contribution in [0.25, 0.3) is 0 Å². The van der Waals surface area contributed by atoms with Gasteiger partial charge in [-0.1, -0.05) is 48.9 Å². The zero-order valence-corrected chi connectivity index (χ0v) is 17.9. The molecule has 1 heterocycles. The molecule has 2 aromatic carbocycles. The Bertz CT molecular complexity index is 815. The predicted octanol–water partition coefficient (Wildman–Crippen LogP) is 3.72. The monoisotopic (exact) mass is 415 g/mol. The average Bonchev–Trinajstić information content (AvgIpc) is 3.16. The first-order valence-electron chi connectivity index (χ1n) is 10.3. The number of amides is 1. The van der Waals surface area contributed by atoms with Crippen molar-refractivity contribution >= 4 is 23.2 Å². The third kappa shape index (κ3) is 5.50. The van der Waals surface area contributed by atoms with Crippen LogP contribution < -0.4 is 10.2 Å². The van der Waals surface area contributed by atoms with Crippen molar-refractivity contribution in [1.29, 1.82) is 0 Å². The fraction of sp³-hybridized carbons (Fsp3) is 0.435. The molecule has 0 spiro atoms. The van der Waals surface area contributed by atoms with E-state index in [4.69, 9.17) is 11.6 Å². The highest BCUT2D eigenvalue weighted by molar-refractivity contribution is 6.33. The van der Waals surface area contributed by atoms with Crippen LogP contribution >= 0.6 is 11.6 Å². The number of rotatable bonds is 8. The van der Waals surface area contributed by atoms with Crippen LogP contribution in [0.15, 0.2) is 48.5 Å². The first-order valence-corrected chi connectivity index (χ1v) is 10.6. The summed E-state index contributed by atoms with van der Waals surface area (Å²) in [7, 11) is 2.01. The largest absolute Gasteiger partial charge is 0.392 e. The Morgan fingerprint density at radius 2 is 2.07 bits per heavy atom. The topological polar surface area (TPSA) is 55.8 Å². The molecule has 0 radical (unpaired) electrons. The third-order valence-corrected chi connectivity index (χ3v) is 5.73. The maximum Gasteiger partial charge on any atom is 0.251 e. The summed E-state index contributed by atoms with van der Waals surface area (Å²) < 4.78 is 0. The molecular formula is C23H30ClN3O2. The normalized spacial score (nSPS) is 17.9. The lowest BCUT2D eigenvalue weighted by molar-refractivity contribution is 0.0953. The molecule has 6 heteroatoms. The number of anilines is 1. The van der Waals surface area contributed by atoms with Crippen molar-refractivity contribution < 1.29 is 9.90 Å². The van der Waals surface area contributed by atoms with Gasteiger partial charge >= 0.3 is 0 Å². The Morgan fingerprint density at radius 1 is 1.31 bits per heavy atom. The highest BCUT2D eigenvalue weighted by atomic mass is 35.5. The fourth-order valence-electron chi connectivity index (χ4n) is 3.81. The molecule has 0 bridgehead atoms. The van der Waals surface area contributed by atoms with E-state index in [0.717, 1.165) is 31.6 Å². The van der Waals surface area contributed by atoms with Crippen LogP contribution in [0.4, 0.5) is 5.69 Å². The molecule has 0 unspecified atom stereocenters. The number of nitrogens with one attached hydrogen (secondary N) is 1. The second-order valence-corrected chi connectivity index (χ2v) is 8.07. The van der Waals surface area contributed by atoms with E-state index in [9.17, 15) is 9.90 Å². The molecule has 2 aromatic rings. The second kappa shape index (κ2) is 10.1. The number of aliphatic hydroxyl groups excluding tert-OH is 1. The van der Waals surface area contributed by atoms with Gasteiger partial charge in [0.05, 0.1) is 22.9 Å². The van der Waals surface area contributed by atoms with E-state index < -0.39 is 0 Å². The number of likely N-dealkylation sites (N-methyl/N-ethyl adjacent to an activating group) is 1. The molecule has 0 saturated carbocycles. The molecule has 1 saturated heterocycles. The summed E-state index contributed by atoms with van der Waals surface area (Å²) >= 11 is 6.54. The Labute approximate surface area is 178 Å². The van der Waals surface area contributed by atoms with Gasteiger partial charge in [0.15, 0.2) is 0 Å². The van der Waals surface area contributed by atoms with Crippen molar-refractivity contribution in [2.45, 2.75) is 31.9 Å². The lowest BCUT2D eigenvalue weighted by Crippen LogP contribution is -2.36. The zero-order chi connectivity index (χ0) is 20.8. The quantitative estimate of drug-likeness (QED) is 0.689. The standard InChI is InChI=1S/C23H30ClN3O2/c1-3-12-25-23(29)18-9-10-21(20(24)14-18)26(2)16-22(17-7-5-4-6-8-17)27-13-11-19(28)15-27/h4-10,14,19,22,28H,3,11-13,15-16H2,1-2H3,(H,25,29)/t19-,22-/m0/s1. The van der Waals surface area contributed by atoms with Crippen LogP contribution in [0.1, 0.15) is 41.7 Å². The van der Waals surface area contributed by atoms with E-state index in [-0.39, 0.29) is 18.1 Å². The van der Waals surface area contributed by atoms with Crippen molar-refractivity contribution in [2.24, 2.45) is 0 Å². The van der Waals surface area contributed by atoms with Gasteiger partial charge in [-0.3, -0.25) is 9.69 Å². The summed E-state index contributed by atoms with van der Waals surface area (Å²) in [5.74, 6) is -0.101. The summed E-state index contributed by atoms with van der Waals surface area (Å²) in [4.78, 5) is 16.6. The molecule has 0 aliphatic carbocycles. The zero-order valence-electron chi connectivity index (χ0n) is 17.1. The van der Waals surface area contributed by atoms with E-state index in [1.165, 1.54) is 5.56 Å². The third-order valence-electron chi connectivity index (χ3n) is 5.42. The Morgan fingerprint density at radius 3 is 2.69 bits per heavy atom. The number of aliphatic hydroxyl groups is 1. The molecule has 5 nitrogen and oxygen atoms in total. The van der Waals surface area contributed by atoms with Gasteiger partial charge in [0.25, 0.3) is 5.91 Å². The second-order valence-electron chi connectivity index (χ2n) is 7.67. The van der Waals surface area contributed by atoms with Gasteiger partial charge in [0.2, 0.25) is 0 Å². The number of carbonyl (C=O) groups is 1. The van der Waals surface area contributed by atoms with E-state index in [1.54, 1.807) is 6.07 Å². The number of halogens is 1. The molecule has 156 valence electrons. The number of β-amino-alcohol motifs (C(OH)–C–C–N with tert-alkyl or cyclic N) is 1. The minimum absolute atomic E-state index is 0.101. The van der Waals surface area contributed by atoms with Gasteiger partial charge in [0.1, 0.15) is 0 Å². The molecule has 1 fully saturated rings. The Hall–Kier alpha value is -2.08. The molecule has 1 aliphatic rings. The van der Waals surface area contributed by atoms with Gasteiger partial charge in [-0.05, 0) is 36.6 Å². The number of carbonyl (C=O) groups excluding carboxylic acids is 1. The molecule has 0 aromatic heterocycles. The summed E-state index contributed by atoms with van der Waals surface area (Å²) in [5.41, 5.74) is 2.68. The van der Waals surface area contributed by atoms with Crippen LogP contribution in [0.3, 0.4) is 0 Å². The van der Waals surface area contributed by atoms with Crippen LogP contribution in [0, 0.1) is 0 Å². The number of likely N-dealkylation sites (tertiary alicyclic amines) is 1. The molecule has 2 atom stereocenters. The molecule has 1 aliphatic heterocycles. The number of hydrogen-bond acceptors (Lipinski definition) is 4. The first-order chi connectivity index (χ1) is 14.0. The molecule has 2 N–H and O–H groups in total. The smallest absolute Gasteiger partial charge is 0.251 e. The summed E-state index contributed by atoms with van der Waals surface area (Å²) in [6.45, 7) is 4.96. The maximum atomic E-state index is 12.2. The Kier molecular flexibility index (Phi) is 7.53. The lowest BCUT2D eigenvalue weighted by Gasteiger charge is -2.33. The average molecular weight is 416 g/mol. The minimum atomic E-state index is -0.268. The molecule has 3 rings (SSSR count). The van der Waals surface area contributed by atoms with Crippen molar-refractivity contribution in [1.82, 2.24) is 10.2 Å². The summed E-state index contributed by atoms with van der Waals surface area (Å²) in [6, 6.07) is 16.0. The van der Waals surface area contributed by atoms with E-state index in [2.05, 4.69) is 27.2 Å². The van der Waals surface area contributed by atoms with E-state index in [1.807, 2.05) is 44.3 Å². The highest BCUT2D eigenvalue weighted by Crippen LogP contribution is 2.31. The van der Waals surface area contributed by atoms with Gasteiger partial charge in [-0.25, -0.2) is 0 Å². The Balaban J connectivity index is 1.77. The van der Waals surface area contributed by atoms with Crippen LogP contribution in [0.2, 0.25) is 5.02 Å². The highest BCUT2D eigenvalue weighted by Gasteiger charge is 2.29. The van der Waals surface area contributed by atoms with E-state index >= 15 is 0 Å². The molecule has 1 amide bonds. The lowest BCUT2D eigenvalue weighted by atomic mass is 10.0. The predicted molar refractivity (Wildman–Crippen MR) is 119 cm³/mol. The number of nitrogens with zero attached hydrogens (tertiary/aromatic N) is 2. The number of benzene rings is 2. The molecule has 29 heavy (non-hydrogen) atoms. The maximum absolute atomic E-state index is 12.2. The van der Waals surface area contributed by atoms with Gasteiger partial charge in [-0.15, -0.1) is 0 Å². The van der Waals surface area contributed by atoms with Gasteiger partial charge in [-0.2, -0.15) is 0 Å². The van der Waals surface area contributed by atoms with Crippen molar-refractivity contribution in [2.75, 3.05) is 38.1 Å². The van der Waals surface area contributed by atoms with Crippen molar-refractivity contribution in [3.63, 3.8) is 0 Å². The summed E-state index contributed by atoms with van der Waals surface area (Å²) in [6.07, 6.45) is 1.43. The number of hydrogen-bond donors (Lipinski definition) is 2. The SMILES string of the molecule is CCCNC(=O)c1ccc(N(C)C[C@@H](c2ccccc2)N2CC[C@H](O)C2)c(Cl)c1. The van der Waals surface area contributed by atoms with Crippen LogP contribution in [-0.2, 0) is 0 Å². The minimum Gasteiger partial charge on any atom is -0.392 e. The molecular weight excluding hydrogens is 386 g/mol. The van der Waals surface area contributed by atoms with Crippen LogP contribution in [-0.4, -0.2) is 55.2 Å². The first kappa shape index (κ1) is 21.6. The van der Waals surface area contributed by atoms with Crippen molar-refractivity contribution in [3.8, 4) is 0 Å². The summed E-state index contributed by atoms with van der Waals surface area (Å²) in [5, 5.41) is 13.5. The van der Waals surface area contributed by atoms with Gasteiger partial charge < -0.3 is 15.3 Å². The van der Waals surface area contributed by atoms with Gasteiger partial charge in [0, 0.05) is 38.8 Å². The van der Waals surface area contributed by atoms with Crippen LogP contribution in [0.5, 0.6) is 0 Å². The van der Waals surface area contributed by atoms with Crippen molar-refractivity contribution in [3.05, 3.63) is 64.7 Å². The van der Waals surface area contributed by atoms with E-state index in [0.29, 0.717) is 23.7 Å².